The minimum atomic E-state index is -1.05. The third kappa shape index (κ3) is 3.32. The summed E-state index contributed by atoms with van der Waals surface area (Å²) in [5.41, 5.74) is 0.430. The van der Waals surface area contributed by atoms with E-state index in [1.165, 1.54) is 11.3 Å². The number of hydrogen-bond donors (Lipinski definition) is 2. The van der Waals surface area contributed by atoms with Gasteiger partial charge in [-0.05, 0) is 12.1 Å². The predicted octanol–water partition coefficient (Wildman–Crippen LogP) is 0.139. The molecule has 0 saturated heterocycles. The molecule has 1 aromatic heterocycles. The van der Waals surface area contributed by atoms with E-state index in [1.54, 1.807) is 30.3 Å². The largest absolute Gasteiger partial charge is 0.481 e. The summed E-state index contributed by atoms with van der Waals surface area (Å²) < 4.78 is 6.23. The zero-order valence-electron chi connectivity index (χ0n) is 9.88. The van der Waals surface area contributed by atoms with Gasteiger partial charge < -0.3 is 14.8 Å². The molecule has 1 aromatic carbocycles. The quantitative estimate of drug-likeness (QED) is 0.833. The number of carboxylic acid groups (broad SMARTS) is 1. The van der Waals surface area contributed by atoms with Crippen molar-refractivity contribution in [3.8, 4) is 5.75 Å². The Labute approximate surface area is 112 Å². The first-order valence-corrected chi connectivity index (χ1v) is 6.21. The lowest BCUT2D eigenvalue weighted by atomic mass is 10.2. The van der Waals surface area contributed by atoms with E-state index >= 15 is 0 Å². The first-order chi connectivity index (χ1) is 9.06. The number of nitrogens with one attached hydrogen (secondary N) is 1. The summed E-state index contributed by atoms with van der Waals surface area (Å²) in [5.74, 6) is -0.632. The van der Waals surface area contributed by atoms with Crippen LogP contribution in [0, 0.1) is 0 Å². The van der Waals surface area contributed by atoms with Gasteiger partial charge in [0.1, 0.15) is 5.75 Å². The molecule has 0 spiro atoms. The van der Waals surface area contributed by atoms with E-state index in [1.807, 2.05) is 0 Å². The van der Waals surface area contributed by atoms with Crippen LogP contribution in [0.1, 0.15) is 5.56 Å². The maximum absolute atomic E-state index is 11.6. The third-order valence-electron chi connectivity index (χ3n) is 2.27. The molecular formula is C13H11NO4S. The molecule has 0 radical (unpaired) electrons. The summed E-state index contributed by atoms with van der Waals surface area (Å²) in [4.78, 5) is 24.7. The van der Waals surface area contributed by atoms with E-state index in [2.05, 4.69) is 11.6 Å². The van der Waals surface area contributed by atoms with E-state index in [0.29, 0.717) is 20.5 Å². The molecule has 2 N–H and O–H groups in total. The van der Waals surface area contributed by atoms with Gasteiger partial charge in [0.15, 0.2) is 6.61 Å². The molecule has 6 heteroatoms. The molecule has 0 aliphatic carbocycles. The number of carboxylic acids is 1. The summed E-state index contributed by atoms with van der Waals surface area (Å²) in [7, 11) is 0. The second-order valence-electron chi connectivity index (χ2n) is 3.71. The molecule has 0 amide bonds. The fourth-order valence-electron chi connectivity index (χ4n) is 1.50. The first-order valence-electron chi connectivity index (χ1n) is 5.39. The smallest absolute Gasteiger partial charge is 0.341 e. The number of carbonyl (C=O) groups is 1. The van der Waals surface area contributed by atoms with Crippen LogP contribution in [0.15, 0.2) is 29.1 Å². The van der Waals surface area contributed by atoms with Gasteiger partial charge in [0, 0.05) is 5.56 Å². The highest BCUT2D eigenvalue weighted by Gasteiger charge is 2.04. The second kappa shape index (κ2) is 5.53. The van der Waals surface area contributed by atoms with Crippen LogP contribution >= 0.6 is 11.3 Å². The van der Waals surface area contributed by atoms with Crippen molar-refractivity contribution >= 4 is 30.0 Å². The Kier molecular flexibility index (Phi) is 3.82. The number of rotatable bonds is 4. The lowest BCUT2D eigenvalue weighted by Crippen LogP contribution is -2.19. The minimum Gasteiger partial charge on any atom is -0.481 e. The van der Waals surface area contributed by atoms with Gasteiger partial charge in [0.25, 0.3) is 5.56 Å². The molecular weight excluding hydrogens is 266 g/mol. The number of benzene rings is 1. The fourth-order valence-corrected chi connectivity index (χ4v) is 2.24. The Morgan fingerprint density at radius 3 is 2.84 bits per heavy atom. The van der Waals surface area contributed by atoms with Crippen LogP contribution in [0.5, 0.6) is 5.75 Å². The topological polar surface area (TPSA) is 79.4 Å². The van der Waals surface area contributed by atoms with E-state index in [0.717, 1.165) is 0 Å². The SMILES string of the molecule is C=c1[nH]c(=O)c(=Cc2ccccc2OCC(=O)O)s1. The van der Waals surface area contributed by atoms with Crippen molar-refractivity contribution in [1.29, 1.82) is 0 Å². The zero-order chi connectivity index (χ0) is 13.8. The number of ether oxygens (including phenoxy) is 1. The Morgan fingerprint density at radius 1 is 1.47 bits per heavy atom. The molecule has 2 rings (SSSR count). The lowest BCUT2D eigenvalue weighted by Gasteiger charge is -2.05. The van der Waals surface area contributed by atoms with Crippen LogP contribution < -0.4 is 19.5 Å². The normalized spacial score (nSPS) is 11.5. The molecule has 0 fully saturated rings. The van der Waals surface area contributed by atoms with Crippen LogP contribution in [-0.4, -0.2) is 22.7 Å². The average molecular weight is 277 g/mol. The van der Waals surface area contributed by atoms with E-state index in [-0.39, 0.29) is 5.56 Å². The summed E-state index contributed by atoms with van der Waals surface area (Å²) in [5, 5.41) is 8.61. The molecule has 5 nitrogen and oxygen atoms in total. The van der Waals surface area contributed by atoms with Gasteiger partial charge in [-0.25, -0.2) is 4.79 Å². The molecule has 0 unspecified atom stereocenters. The number of H-pyrrole nitrogens is 1. The van der Waals surface area contributed by atoms with Crippen molar-refractivity contribution in [2.24, 2.45) is 0 Å². The highest BCUT2D eigenvalue weighted by atomic mass is 32.1. The Morgan fingerprint density at radius 2 is 2.21 bits per heavy atom. The molecule has 0 saturated carbocycles. The van der Waals surface area contributed by atoms with Crippen molar-refractivity contribution in [3.63, 3.8) is 0 Å². The highest BCUT2D eigenvalue weighted by Crippen LogP contribution is 2.18. The molecule has 2 aromatic rings. The predicted molar refractivity (Wildman–Crippen MR) is 72.9 cm³/mol. The average Bonchev–Trinajstić information content (AvgIpc) is 2.67. The highest BCUT2D eigenvalue weighted by molar-refractivity contribution is 7.07. The molecule has 1 heterocycles. The number of aromatic nitrogens is 1. The molecule has 98 valence electrons. The van der Waals surface area contributed by atoms with E-state index < -0.39 is 12.6 Å². The summed E-state index contributed by atoms with van der Waals surface area (Å²) in [6.07, 6.45) is 1.65. The first kappa shape index (κ1) is 13.1. The van der Waals surface area contributed by atoms with Crippen molar-refractivity contribution in [2.75, 3.05) is 6.61 Å². The zero-order valence-corrected chi connectivity index (χ0v) is 10.7. The van der Waals surface area contributed by atoms with E-state index in [4.69, 9.17) is 9.84 Å². The van der Waals surface area contributed by atoms with Crippen molar-refractivity contribution < 1.29 is 14.6 Å². The molecule has 0 aliphatic rings. The Bertz CT molecular complexity index is 759. The molecule has 0 aliphatic heterocycles. The Hall–Kier alpha value is -2.34. The molecule has 19 heavy (non-hydrogen) atoms. The number of aromatic amines is 1. The molecule has 0 atom stereocenters. The number of thiazole rings is 1. The van der Waals surface area contributed by atoms with Gasteiger partial charge >= 0.3 is 5.97 Å². The van der Waals surface area contributed by atoms with Crippen LogP contribution in [0.3, 0.4) is 0 Å². The third-order valence-corrected chi connectivity index (χ3v) is 3.14. The summed E-state index contributed by atoms with van der Waals surface area (Å²) in [6, 6.07) is 6.92. The lowest BCUT2D eigenvalue weighted by molar-refractivity contribution is -0.139. The number of aliphatic carboxylic acids is 1. The van der Waals surface area contributed by atoms with Gasteiger partial charge in [-0.3, -0.25) is 4.79 Å². The van der Waals surface area contributed by atoms with Crippen molar-refractivity contribution in [2.45, 2.75) is 0 Å². The van der Waals surface area contributed by atoms with Gasteiger partial charge in [0.2, 0.25) is 0 Å². The van der Waals surface area contributed by atoms with Crippen molar-refractivity contribution in [1.82, 2.24) is 4.98 Å². The maximum Gasteiger partial charge on any atom is 0.341 e. The van der Waals surface area contributed by atoms with E-state index in [9.17, 15) is 9.59 Å². The summed E-state index contributed by atoms with van der Waals surface area (Å²) >= 11 is 1.24. The van der Waals surface area contributed by atoms with Crippen LogP contribution in [-0.2, 0) is 4.79 Å². The van der Waals surface area contributed by atoms with Gasteiger partial charge in [0.05, 0.1) is 9.20 Å². The van der Waals surface area contributed by atoms with Crippen molar-refractivity contribution in [3.05, 3.63) is 49.4 Å². The number of para-hydroxylation sites is 1. The monoisotopic (exact) mass is 277 g/mol. The van der Waals surface area contributed by atoms with Crippen LogP contribution in [0.2, 0.25) is 0 Å². The molecule has 0 bridgehead atoms. The summed E-state index contributed by atoms with van der Waals surface area (Å²) in [6.45, 7) is 3.24. The van der Waals surface area contributed by atoms with Gasteiger partial charge in [-0.15, -0.1) is 11.3 Å². The maximum atomic E-state index is 11.6. The van der Waals surface area contributed by atoms with Gasteiger partial charge in [-0.2, -0.15) is 0 Å². The second-order valence-corrected chi connectivity index (χ2v) is 4.84. The van der Waals surface area contributed by atoms with Crippen LogP contribution in [0.4, 0.5) is 0 Å². The Balaban J connectivity index is 2.43. The minimum absolute atomic E-state index is 0.219. The number of hydrogen-bond acceptors (Lipinski definition) is 4. The van der Waals surface area contributed by atoms with Crippen LogP contribution in [0.25, 0.3) is 12.7 Å². The fraction of sp³-hybridized carbons (Fsp3) is 0.0769. The standard InChI is InChI=1S/C13H11NO4S/c1-8-14-13(17)11(19-8)6-9-4-2-3-5-10(9)18-7-12(15)16/h2-6H,1,7H2,(H,14,17)(H,15,16). The van der Waals surface area contributed by atoms with Gasteiger partial charge in [-0.1, -0.05) is 24.8 Å².